The van der Waals surface area contributed by atoms with Crippen molar-refractivity contribution in [3.8, 4) is 11.3 Å². The van der Waals surface area contributed by atoms with Crippen LogP contribution >= 0.6 is 11.3 Å². The minimum atomic E-state index is -4.80. The topological polar surface area (TPSA) is 113 Å². The zero-order chi connectivity index (χ0) is 27.1. The van der Waals surface area contributed by atoms with Gasteiger partial charge in [-0.25, -0.2) is 24.6 Å². The van der Waals surface area contributed by atoms with Crippen molar-refractivity contribution in [2.75, 3.05) is 24.5 Å². The summed E-state index contributed by atoms with van der Waals surface area (Å²) in [7, 11) is 0. The highest BCUT2D eigenvalue weighted by atomic mass is 32.1. The number of nitrogens with zero attached hydrogens (tertiary/aromatic N) is 8. The van der Waals surface area contributed by atoms with Crippen LogP contribution in [0.15, 0.2) is 12.4 Å². The molecule has 0 saturated carbocycles. The summed E-state index contributed by atoms with van der Waals surface area (Å²) in [6.07, 6.45) is -8.00. The van der Waals surface area contributed by atoms with Crippen molar-refractivity contribution in [2.24, 2.45) is 0 Å². The van der Waals surface area contributed by atoms with Gasteiger partial charge in [-0.3, -0.25) is 4.79 Å². The van der Waals surface area contributed by atoms with Crippen LogP contribution in [0.3, 0.4) is 0 Å². The van der Waals surface area contributed by atoms with Gasteiger partial charge in [0.05, 0.1) is 0 Å². The van der Waals surface area contributed by atoms with E-state index in [4.69, 9.17) is 0 Å². The minimum Gasteiger partial charge on any atom is -0.388 e. The molecule has 1 N–H and O–H groups in total. The average Bonchev–Trinajstić information content (AvgIpc) is 3.42. The molecule has 17 heteroatoms. The first-order valence-corrected chi connectivity index (χ1v) is 11.6. The number of aliphatic hydroxyl groups excluding tert-OH is 1. The summed E-state index contributed by atoms with van der Waals surface area (Å²) in [4.78, 5) is 30.2. The van der Waals surface area contributed by atoms with E-state index < -0.39 is 35.8 Å². The first-order chi connectivity index (χ1) is 17.3. The lowest BCUT2D eigenvalue weighted by Gasteiger charge is -2.40. The number of anilines is 1. The van der Waals surface area contributed by atoms with Gasteiger partial charge in [-0.05, 0) is 13.8 Å². The van der Waals surface area contributed by atoms with Crippen molar-refractivity contribution in [3.05, 3.63) is 34.9 Å². The zero-order valence-corrected chi connectivity index (χ0v) is 20.2. The van der Waals surface area contributed by atoms with Crippen molar-refractivity contribution >= 4 is 22.2 Å². The van der Waals surface area contributed by atoms with Gasteiger partial charge >= 0.3 is 12.4 Å². The average molecular weight is 550 g/mol. The fourth-order valence-corrected chi connectivity index (χ4v) is 4.90. The summed E-state index contributed by atoms with van der Waals surface area (Å²) >= 11 is 0.358. The molecule has 0 spiro atoms. The SMILES string of the molecule is Cc1nc(CO)n(CC(=O)N2CCN(c3sc(C(F)(F)F)nc3-c3cnc(C(F)(F)F)nc3)CC2C)n1. The van der Waals surface area contributed by atoms with E-state index in [2.05, 4.69) is 25.0 Å². The Morgan fingerprint density at radius 1 is 1.11 bits per heavy atom. The minimum absolute atomic E-state index is 0.0871. The van der Waals surface area contributed by atoms with Crippen LogP contribution in [0.25, 0.3) is 11.3 Å². The van der Waals surface area contributed by atoms with Gasteiger partial charge < -0.3 is 14.9 Å². The van der Waals surface area contributed by atoms with Crippen molar-refractivity contribution in [2.45, 2.75) is 45.4 Å². The fraction of sp³-hybridized carbons (Fsp3) is 0.500. The summed E-state index contributed by atoms with van der Waals surface area (Å²) in [5, 5.41) is 12.4. The molecule has 1 aliphatic heterocycles. The second-order valence-electron chi connectivity index (χ2n) is 8.24. The van der Waals surface area contributed by atoms with Crippen LogP contribution < -0.4 is 4.90 Å². The Hall–Kier alpha value is -3.34. The summed E-state index contributed by atoms with van der Waals surface area (Å²) in [5.74, 6) is -1.12. The monoisotopic (exact) mass is 550 g/mol. The maximum atomic E-state index is 13.5. The van der Waals surface area contributed by atoms with Gasteiger partial charge in [-0.15, -0.1) is 0 Å². The number of aryl methyl sites for hydroxylation is 1. The van der Waals surface area contributed by atoms with E-state index in [9.17, 15) is 36.2 Å². The Morgan fingerprint density at radius 2 is 1.78 bits per heavy atom. The van der Waals surface area contributed by atoms with E-state index in [-0.39, 0.29) is 54.2 Å². The summed E-state index contributed by atoms with van der Waals surface area (Å²) < 4.78 is 80.2. The molecular formula is C20H20F6N8O2S. The van der Waals surface area contributed by atoms with Crippen molar-refractivity contribution < 1.29 is 36.2 Å². The Kier molecular flexibility index (Phi) is 7.11. The molecule has 0 aliphatic carbocycles. The van der Waals surface area contributed by atoms with Crippen molar-refractivity contribution in [1.82, 2.24) is 34.6 Å². The van der Waals surface area contributed by atoms with Gasteiger partial charge in [0.1, 0.15) is 29.7 Å². The molecule has 200 valence electrons. The third-order valence-corrected chi connectivity index (χ3v) is 6.71. The molecule has 4 heterocycles. The first kappa shape index (κ1) is 26.7. The quantitative estimate of drug-likeness (QED) is 0.483. The van der Waals surface area contributed by atoms with Crippen LogP contribution in [0.4, 0.5) is 31.3 Å². The van der Waals surface area contributed by atoms with E-state index in [0.717, 1.165) is 12.4 Å². The van der Waals surface area contributed by atoms with E-state index in [0.29, 0.717) is 17.2 Å². The number of aliphatic hydroxyl groups is 1. The Morgan fingerprint density at radius 3 is 2.35 bits per heavy atom. The van der Waals surface area contributed by atoms with E-state index >= 15 is 0 Å². The largest absolute Gasteiger partial charge is 0.451 e. The number of piperazine rings is 1. The van der Waals surface area contributed by atoms with Crippen LogP contribution in [0.1, 0.15) is 29.4 Å². The molecule has 1 saturated heterocycles. The van der Waals surface area contributed by atoms with Gasteiger partial charge in [0.25, 0.3) is 0 Å². The number of rotatable bonds is 5. The molecule has 3 aromatic rings. The number of halogens is 6. The van der Waals surface area contributed by atoms with E-state index in [1.54, 1.807) is 23.6 Å². The number of aromatic nitrogens is 6. The summed E-state index contributed by atoms with van der Waals surface area (Å²) in [5.41, 5.74) is -0.289. The maximum Gasteiger partial charge on any atom is 0.451 e. The zero-order valence-electron chi connectivity index (χ0n) is 19.4. The van der Waals surface area contributed by atoms with Crippen molar-refractivity contribution in [1.29, 1.82) is 0 Å². The van der Waals surface area contributed by atoms with E-state index in [1.807, 2.05) is 0 Å². The molecule has 0 aromatic carbocycles. The van der Waals surface area contributed by atoms with Crippen LogP contribution in [-0.2, 0) is 30.3 Å². The van der Waals surface area contributed by atoms with Crippen molar-refractivity contribution in [3.63, 3.8) is 0 Å². The Bertz CT molecular complexity index is 1270. The highest BCUT2D eigenvalue weighted by Crippen LogP contribution is 2.43. The number of amides is 1. The highest BCUT2D eigenvalue weighted by molar-refractivity contribution is 7.16. The molecule has 1 unspecified atom stereocenters. The maximum absolute atomic E-state index is 13.5. The molecule has 1 fully saturated rings. The van der Waals surface area contributed by atoms with Crippen LogP contribution in [-0.4, -0.2) is 71.3 Å². The number of alkyl halides is 6. The van der Waals surface area contributed by atoms with Gasteiger partial charge in [0, 0.05) is 43.6 Å². The highest BCUT2D eigenvalue weighted by Gasteiger charge is 2.39. The number of hydrogen-bond donors (Lipinski definition) is 1. The van der Waals surface area contributed by atoms with E-state index in [1.165, 1.54) is 4.68 Å². The summed E-state index contributed by atoms with van der Waals surface area (Å²) in [6, 6.07) is -0.434. The third-order valence-electron chi connectivity index (χ3n) is 5.55. The normalized spacial score (nSPS) is 16.9. The predicted octanol–water partition coefficient (Wildman–Crippen LogP) is 2.77. The predicted molar refractivity (Wildman–Crippen MR) is 117 cm³/mol. The molecule has 0 bridgehead atoms. The lowest BCUT2D eigenvalue weighted by Crippen LogP contribution is -2.54. The number of thiazole rings is 1. The molecule has 4 rings (SSSR count). The molecule has 10 nitrogen and oxygen atoms in total. The van der Waals surface area contributed by atoms with Gasteiger partial charge in [-0.1, -0.05) is 11.3 Å². The third kappa shape index (κ3) is 5.66. The Labute approximate surface area is 209 Å². The number of carbonyl (C=O) groups is 1. The molecule has 0 radical (unpaired) electrons. The Balaban J connectivity index is 1.57. The molecular weight excluding hydrogens is 530 g/mol. The number of carbonyl (C=O) groups excluding carboxylic acids is 1. The lowest BCUT2D eigenvalue weighted by atomic mass is 10.1. The van der Waals surface area contributed by atoms with Gasteiger partial charge in [0.2, 0.25) is 16.7 Å². The molecule has 1 atom stereocenters. The van der Waals surface area contributed by atoms with Crippen LogP contribution in [0.2, 0.25) is 0 Å². The molecule has 1 amide bonds. The first-order valence-electron chi connectivity index (χ1n) is 10.8. The second kappa shape index (κ2) is 9.85. The second-order valence-corrected chi connectivity index (χ2v) is 9.21. The molecule has 1 aliphatic rings. The smallest absolute Gasteiger partial charge is 0.388 e. The van der Waals surface area contributed by atoms with Gasteiger partial charge in [0.15, 0.2) is 5.82 Å². The van der Waals surface area contributed by atoms with Crippen LogP contribution in [0, 0.1) is 6.92 Å². The number of hydrogen-bond acceptors (Lipinski definition) is 9. The standard InChI is InChI=1S/C20H20F6N8O2S/c1-10-7-32(3-4-33(10)14(36)8-34-13(9-35)29-11(2)31-34)16-15(30-18(37-16)20(24,25)26)12-5-27-17(28-6-12)19(21,22)23/h5-6,10,35H,3-4,7-9H2,1-2H3. The lowest BCUT2D eigenvalue weighted by molar-refractivity contribution is -0.145. The molecule has 37 heavy (non-hydrogen) atoms. The van der Waals surface area contributed by atoms with Gasteiger partial charge in [-0.2, -0.15) is 31.4 Å². The summed E-state index contributed by atoms with van der Waals surface area (Å²) in [6.45, 7) is 3.21. The molecule has 3 aromatic heterocycles. The van der Waals surface area contributed by atoms with Crippen LogP contribution in [0.5, 0.6) is 0 Å². The fourth-order valence-electron chi connectivity index (χ4n) is 3.91.